The van der Waals surface area contributed by atoms with Gasteiger partial charge in [-0.05, 0) is 53.9 Å². The highest BCUT2D eigenvalue weighted by molar-refractivity contribution is 5.87. The Morgan fingerprint density at radius 1 is 1.03 bits per heavy atom. The molecule has 3 aromatic rings. The van der Waals surface area contributed by atoms with Crippen LogP contribution in [0.1, 0.15) is 24.4 Å². The Kier molecular flexibility index (Phi) is 5.79. The first-order chi connectivity index (χ1) is 14.6. The topological polar surface area (TPSA) is 42.0 Å². The fourth-order valence-corrected chi connectivity index (χ4v) is 4.29. The summed E-state index contributed by atoms with van der Waals surface area (Å²) in [7, 11) is 5.29. The quantitative estimate of drug-likeness (QED) is 0.599. The number of carbonyl (C=O) groups excluding carboxylic acids is 1. The molecule has 1 aliphatic heterocycles. The van der Waals surface area contributed by atoms with Gasteiger partial charge in [-0.3, -0.25) is 4.79 Å². The minimum atomic E-state index is 0.00699. The van der Waals surface area contributed by atoms with Gasteiger partial charge in [0.15, 0.2) is 0 Å². The predicted molar refractivity (Wildman–Crippen MR) is 120 cm³/mol. The summed E-state index contributed by atoms with van der Waals surface area (Å²) in [6, 6.07) is 20.4. The Bertz CT molecular complexity index is 1050. The molecule has 1 atom stereocenters. The molecule has 0 saturated carbocycles. The van der Waals surface area contributed by atoms with Crippen LogP contribution in [0.5, 0.6) is 11.5 Å². The zero-order valence-corrected chi connectivity index (χ0v) is 17.8. The third-order valence-corrected chi connectivity index (χ3v) is 5.92. The van der Waals surface area contributed by atoms with Gasteiger partial charge in [-0.2, -0.15) is 0 Å². The molecule has 5 heteroatoms. The van der Waals surface area contributed by atoms with E-state index >= 15 is 0 Å². The number of ether oxygens (including phenoxy) is 2. The highest BCUT2D eigenvalue weighted by Gasteiger charge is 2.32. The van der Waals surface area contributed by atoms with Crippen molar-refractivity contribution in [3.63, 3.8) is 0 Å². The third-order valence-electron chi connectivity index (χ3n) is 5.92. The van der Waals surface area contributed by atoms with Gasteiger partial charge in [-0.15, -0.1) is 0 Å². The Balaban J connectivity index is 1.53. The zero-order chi connectivity index (χ0) is 21.1. The second kappa shape index (κ2) is 8.66. The number of likely N-dealkylation sites (tertiary alicyclic amines) is 1. The van der Waals surface area contributed by atoms with Crippen LogP contribution in [-0.2, 0) is 4.79 Å². The van der Waals surface area contributed by atoms with Crippen molar-refractivity contribution < 1.29 is 14.3 Å². The van der Waals surface area contributed by atoms with Gasteiger partial charge in [0, 0.05) is 24.8 Å². The van der Waals surface area contributed by atoms with Gasteiger partial charge < -0.3 is 19.3 Å². The molecule has 3 aromatic carbocycles. The number of rotatable bonds is 6. The average molecular weight is 405 g/mol. The lowest BCUT2D eigenvalue weighted by molar-refractivity contribution is -0.130. The largest absolute Gasteiger partial charge is 0.497 e. The Labute approximate surface area is 177 Å². The first-order valence-electron chi connectivity index (χ1n) is 10.3. The second-order valence-electron chi connectivity index (χ2n) is 7.74. The number of hydrogen-bond donors (Lipinski definition) is 0. The van der Waals surface area contributed by atoms with E-state index in [1.165, 1.54) is 10.8 Å². The van der Waals surface area contributed by atoms with Gasteiger partial charge >= 0.3 is 0 Å². The van der Waals surface area contributed by atoms with E-state index in [1.807, 2.05) is 47.2 Å². The minimum Gasteiger partial charge on any atom is -0.497 e. The zero-order valence-electron chi connectivity index (χ0n) is 17.8. The SMILES string of the molecule is COc1ccc(OC)c([C@H]2CCCN2C(=O)CN(C)c2ccc3ccccc3c2)c1. The first kappa shape index (κ1) is 20.1. The summed E-state index contributed by atoms with van der Waals surface area (Å²) in [6.45, 7) is 1.09. The summed E-state index contributed by atoms with van der Waals surface area (Å²) in [4.78, 5) is 17.2. The van der Waals surface area contributed by atoms with Crippen LogP contribution in [-0.4, -0.2) is 45.2 Å². The van der Waals surface area contributed by atoms with E-state index in [4.69, 9.17) is 9.47 Å². The molecule has 1 saturated heterocycles. The maximum Gasteiger partial charge on any atom is 0.242 e. The number of fused-ring (bicyclic) bond motifs is 1. The van der Waals surface area contributed by atoms with Crippen molar-refractivity contribution in [3.8, 4) is 11.5 Å². The summed E-state index contributed by atoms with van der Waals surface area (Å²) >= 11 is 0. The van der Waals surface area contributed by atoms with Gasteiger partial charge in [-0.25, -0.2) is 0 Å². The van der Waals surface area contributed by atoms with Crippen molar-refractivity contribution in [3.05, 3.63) is 66.2 Å². The average Bonchev–Trinajstić information content (AvgIpc) is 3.28. The minimum absolute atomic E-state index is 0.00699. The lowest BCUT2D eigenvalue weighted by Crippen LogP contribution is -2.38. The summed E-state index contributed by atoms with van der Waals surface area (Å²) in [5, 5.41) is 2.38. The standard InChI is InChI=1S/C25H28N2O3/c1-26(20-11-10-18-7-4-5-8-19(18)15-20)17-25(28)27-14-6-9-23(27)22-16-21(29-2)12-13-24(22)30-3/h4-5,7-8,10-13,15-16,23H,6,9,14,17H2,1-3H3/t23-/m1/s1. The van der Waals surface area contributed by atoms with Crippen molar-refractivity contribution in [1.82, 2.24) is 4.90 Å². The third kappa shape index (κ3) is 3.92. The molecule has 0 unspecified atom stereocenters. The number of likely N-dealkylation sites (N-methyl/N-ethyl adjacent to an activating group) is 1. The molecular formula is C25H28N2O3. The Morgan fingerprint density at radius 3 is 2.60 bits per heavy atom. The first-order valence-corrected chi connectivity index (χ1v) is 10.3. The van der Waals surface area contributed by atoms with Crippen LogP contribution in [0.2, 0.25) is 0 Å². The number of amides is 1. The van der Waals surface area contributed by atoms with Crippen LogP contribution < -0.4 is 14.4 Å². The number of benzene rings is 3. The van der Waals surface area contributed by atoms with Gasteiger partial charge in [0.05, 0.1) is 26.8 Å². The molecule has 156 valence electrons. The van der Waals surface area contributed by atoms with Crippen LogP contribution >= 0.6 is 0 Å². The molecule has 30 heavy (non-hydrogen) atoms. The van der Waals surface area contributed by atoms with E-state index in [0.29, 0.717) is 6.54 Å². The van der Waals surface area contributed by atoms with E-state index in [1.54, 1.807) is 14.2 Å². The van der Waals surface area contributed by atoms with E-state index in [-0.39, 0.29) is 11.9 Å². The summed E-state index contributed by atoms with van der Waals surface area (Å²) in [5.74, 6) is 1.69. The fourth-order valence-electron chi connectivity index (χ4n) is 4.29. The number of carbonyl (C=O) groups is 1. The van der Waals surface area contributed by atoms with Crippen molar-refractivity contribution in [2.45, 2.75) is 18.9 Å². The molecule has 0 bridgehead atoms. The normalized spacial score (nSPS) is 16.0. The Hall–Kier alpha value is -3.21. The molecule has 0 N–H and O–H groups in total. The molecule has 5 nitrogen and oxygen atoms in total. The highest BCUT2D eigenvalue weighted by atomic mass is 16.5. The number of hydrogen-bond acceptors (Lipinski definition) is 4. The maximum atomic E-state index is 13.2. The maximum absolute atomic E-state index is 13.2. The number of nitrogens with zero attached hydrogens (tertiary/aromatic N) is 2. The van der Waals surface area contributed by atoms with Crippen molar-refractivity contribution in [2.75, 3.05) is 39.3 Å². The van der Waals surface area contributed by atoms with Crippen LogP contribution in [0, 0.1) is 0 Å². The fraction of sp³-hybridized carbons (Fsp3) is 0.320. The Morgan fingerprint density at radius 2 is 1.83 bits per heavy atom. The lowest BCUT2D eigenvalue weighted by atomic mass is 10.0. The van der Waals surface area contributed by atoms with E-state index in [2.05, 4.69) is 30.3 Å². The van der Waals surface area contributed by atoms with Crippen molar-refractivity contribution in [2.24, 2.45) is 0 Å². The monoisotopic (exact) mass is 404 g/mol. The molecule has 0 radical (unpaired) electrons. The lowest BCUT2D eigenvalue weighted by Gasteiger charge is -2.29. The summed E-state index contributed by atoms with van der Waals surface area (Å²) < 4.78 is 11.0. The van der Waals surface area contributed by atoms with Gasteiger partial charge in [0.25, 0.3) is 0 Å². The summed E-state index contributed by atoms with van der Waals surface area (Å²) in [5.41, 5.74) is 2.05. The van der Waals surface area contributed by atoms with Crippen molar-refractivity contribution >= 4 is 22.4 Å². The predicted octanol–water partition coefficient (Wildman–Crippen LogP) is 4.66. The smallest absolute Gasteiger partial charge is 0.242 e. The molecule has 4 rings (SSSR count). The van der Waals surface area contributed by atoms with Gasteiger partial charge in [0.2, 0.25) is 5.91 Å². The van der Waals surface area contributed by atoms with Gasteiger partial charge in [-0.1, -0.05) is 30.3 Å². The van der Waals surface area contributed by atoms with E-state index < -0.39 is 0 Å². The molecule has 0 aromatic heterocycles. The van der Waals surface area contributed by atoms with Crippen LogP contribution in [0.4, 0.5) is 5.69 Å². The number of methoxy groups -OCH3 is 2. The van der Waals surface area contributed by atoms with Crippen LogP contribution in [0.25, 0.3) is 10.8 Å². The van der Waals surface area contributed by atoms with Crippen LogP contribution in [0.15, 0.2) is 60.7 Å². The molecule has 1 fully saturated rings. The van der Waals surface area contributed by atoms with E-state index in [0.717, 1.165) is 42.1 Å². The van der Waals surface area contributed by atoms with Gasteiger partial charge in [0.1, 0.15) is 11.5 Å². The van der Waals surface area contributed by atoms with E-state index in [9.17, 15) is 4.79 Å². The second-order valence-corrected chi connectivity index (χ2v) is 7.74. The molecule has 1 heterocycles. The van der Waals surface area contributed by atoms with Crippen LogP contribution in [0.3, 0.4) is 0 Å². The molecule has 0 spiro atoms. The molecule has 1 amide bonds. The highest BCUT2D eigenvalue weighted by Crippen LogP contribution is 2.39. The van der Waals surface area contributed by atoms with Crippen molar-refractivity contribution in [1.29, 1.82) is 0 Å². The molecule has 1 aliphatic rings. The molecular weight excluding hydrogens is 376 g/mol. The number of anilines is 1. The summed E-state index contributed by atoms with van der Waals surface area (Å²) in [6.07, 6.45) is 1.91. The molecule has 0 aliphatic carbocycles.